The van der Waals surface area contributed by atoms with Crippen molar-refractivity contribution in [2.45, 2.75) is 54.6 Å². The van der Waals surface area contributed by atoms with E-state index in [0.29, 0.717) is 0 Å². The molecule has 1 aromatic carbocycles. The van der Waals surface area contributed by atoms with Gasteiger partial charge in [-0.3, -0.25) is 0 Å². The van der Waals surface area contributed by atoms with Crippen LogP contribution in [-0.2, 0) is 13.1 Å². The lowest BCUT2D eigenvalue weighted by molar-refractivity contribution is -0.709. The first-order chi connectivity index (χ1) is 12.1. The highest BCUT2D eigenvalue weighted by atomic mass is 15.4. The summed E-state index contributed by atoms with van der Waals surface area (Å²) in [6, 6.07) is 8.72. The van der Waals surface area contributed by atoms with Crippen LogP contribution in [0.2, 0.25) is 0 Å². The number of hydrogen-bond acceptors (Lipinski definition) is 0. The van der Waals surface area contributed by atoms with Gasteiger partial charge in [0.25, 0.3) is 12.7 Å². The number of fused-ring (bicyclic) bond motifs is 6. The van der Waals surface area contributed by atoms with Gasteiger partial charge >= 0.3 is 0 Å². The molecule has 0 aliphatic carbocycles. The van der Waals surface area contributed by atoms with Crippen molar-refractivity contribution in [3.8, 4) is 0 Å². The number of benzene rings is 1. The lowest BCUT2D eigenvalue weighted by atomic mass is 9.97. The van der Waals surface area contributed by atoms with Crippen molar-refractivity contribution in [1.82, 2.24) is 9.03 Å². The number of nitrogens with zero attached hydrogens (tertiary/aromatic N) is 4. The molecule has 0 fully saturated rings. The lowest BCUT2D eigenvalue weighted by Crippen LogP contribution is -2.38. The molecular formula is C22H30N4+2. The van der Waals surface area contributed by atoms with Gasteiger partial charge in [0.1, 0.15) is 12.4 Å². The number of imidazole rings is 2. The molecule has 0 aliphatic rings. The molecule has 0 saturated carbocycles. The van der Waals surface area contributed by atoms with Crippen molar-refractivity contribution in [3.63, 3.8) is 0 Å². The summed E-state index contributed by atoms with van der Waals surface area (Å²) >= 11 is 0. The maximum absolute atomic E-state index is 2.31. The summed E-state index contributed by atoms with van der Waals surface area (Å²) in [5.74, 6) is 0. The van der Waals surface area contributed by atoms with E-state index in [1.807, 2.05) is 0 Å². The number of aromatic nitrogens is 4. The Hall–Kier alpha value is -2.36. The molecule has 0 unspecified atom stereocenters. The average Bonchev–Trinajstić information content (AvgIpc) is 3.07. The quantitative estimate of drug-likeness (QED) is 0.486. The van der Waals surface area contributed by atoms with Crippen LogP contribution in [0.15, 0.2) is 49.3 Å². The molecule has 3 heterocycles. The maximum Gasteiger partial charge on any atom is 0.287 e. The fourth-order valence-corrected chi connectivity index (χ4v) is 3.83. The van der Waals surface area contributed by atoms with Crippen LogP contribution in [0.5, 0.6) is 0 Å². The van der Waals surface area contributed by atoms with E-state index in [0.717, 1.165) is 13.1 Å². The summed E-state index contributed by atoms with van der Waals surface area (Å²) < 4.78 is 9.19. The molecule has 4 aromatic rings. The number of rotatable bonds is 2. The molecule has 0 spiro atoms. The van der Waals surface area contributed by atoms with E-state index in [-0.39, 0.29) is 10.8 Å². The van der Waals surface area contributed by atoms with E-state index in [2.05, 4.69) is 109 Å². The third-order valence-corrected chi connectivity index (χ3v) is 4.61. The Kier molecular flexibility index (Phi) is 3.66. The van der Waals surface area contributed by atoms with E-state index in [4.69, 9.17) is 0 Å². The molecule has 0 bridgehead atoms. The fourth-order valence-electron chi connectivity index (χ4n) is 3.83. The first-order valence-electron chi connectivity index (χ1n) is 9.44. The first-order valence-corrected chi connectivity index (χ1v) is 9.44. The first kappa shape index (κ1) is 17.1. The van der Waals surface area contributed by atoms with Crippen LogP contribution in [0.1, 0.15) is 41.5 Å². The molecule has 136 valence electrons. The molecule has 0 atom stereocenters. The van der Waals surface area contributed by atoms with Crippen molar-refractivity contribution < 1.29 is 9.13 Å². The fraction of sp³-hybridized carbons (Fsp3) is 0.455. The van der Waals surface area contributed by atoms with Crippen molar-refractivity contribution in [3.05, 3.63) is 49.3 Å². The van der Waals surface area contributed by atoms with Crippen molar-refractivity contribution in [2.75, 3.05) is 0 Å². The van der Waals surface area contributed by atoms with Crippen LogP contribution in [0.4, 0.5) is 0 Å². The zero-order valence-electron chi connectivity index (χ0n) is 16.8. The molecule has 0 aliphatic heterocycles. The summed E-state index contributed by atoms with van der Waals surface area (Å²) in [7, 11) is 0. The van der Waals surface area contributed by atoms with E-state index >= 15 is 0 Å². The second kappa shape index (κ2) is 5.57. The molecule has 0 radical (unpaired) electrons. The Balaban J connectivity index is 2.01. The van der Waals surface area contributed by atoms with Gasteiger partial charge < -0.3 is 0 Å². The van der Waals surface area contributed by atoms with Crippen LogP contribution >= 0.6 is 0 Å². The minimum atomic E-state index is 0.243. The zero-order chi connectivity index (χ0) is 18.7. The SMILES string of the molecule is CC(C)(C)C[n+]1cc2c3ccccc3c3c[n+](CC(C)(C)C)cn3n2c1. The van der Waals surface area contributed by atoms with Crippen LogP contribution in [0.25, 0.3) is 21.8 Å². The normalized spacial score (nSPS) is 13.3. The summed E-state index contributed by atoms with van der Waals surface area (Å²) in [4.78, 5) is 0. The van der Waals surface area contributed by atoms with E-state index in [9.17, 15) is 0 Å². The van der Waals surface area contributed by atoms with E-state index < -0.39 is 0 Å². The highest BCUT2D eigenvalue weighted by molar-refractivity contribution is 6.03. The smallest absolute Gasteiger partial charge is 0.232 e. The summed E-state index contributed by atoms with van der Waals surface area (Å²) in [5.41, 5.74) is 2.98. The largest absolute Gasteiger partial charge is 0.287 e. The molecule has 0 saturated heterocycles. The van der Waals surface area contributed by atoms with Gasteiger partial charge in [-0.05, 0) is 32.0 Å². The van der Waals surface area contributed by atoms with Gasteiger partial charge in [0.15, 0.2) is 0 Å². The summed E-state index contributed by atoms with van der Waals surface area (Å²) in [6.07, 6.45) is 9.01. The van der Waals surface area contributed by atoms with Gasteiger partial charge in [0.2, 0.25) is 11.0 Å². The van der Waals surface area contributed by atoms with Crippen molar-refractivity contribution >= 4 is 21.8 Å². The standard InChI is InChI=1S/C22H30N4/c1-21(2,3)13-23-11-19-17-9-7-8-10-18(17)20-12-24(14-22(4,5)6)16-26(20)25(19)15-23/h7-12,15-16H,13-14H2,1-6H3/q+2. The summed E-state index contributed by atoms with van der Waals surface area (Å²) in [5, 5.41) is 2.60. The van der Waals surface area contributed by atoms with Gasteiger partial charge in [-0.2, -0.15) is 0 Å². The second-order valence-electron chi connectivity index (χ2n) is 9.96. The van der Waals surface area contributed by atoms with Gasteiger partial charge in [-0.15, -0.1) is 0 Å². The molecular weight excluding hydrogens is 320 g/mol. The van der Waals surface area contributed by atoms with E-state index in [1.54, 1.807) is 0 Å². The molecule has 0 amide bonds. The predicted molar refractivity (Wildman–Crippen MR) is 105 cm³/mol. The Morgan fingerprint density at radius 1 is 0.692 bits per heavy atom. The number of hydrogen-bond donors (Lipinski definition) is 0. The van der Waals surface area contributed by atoms with Crippen LogP contribution in [0, 0.1) is 10.8 Å². The Morgan fingerprint density at radius 3 is 1.42 bits per heavy atom. The second-order valence-corrected chi connectivity index (χ2v) is 9.96. The van der Waals surface area contributed by atoms with Crippen LogP contribution < -0.4 is 9.13 Å². The van der Waals surface area contributed by atoms with Gasteiger partial charge in [-0.1, -0.05) is 53.7 Å². The topological polar surface area (TPSA) is 16.6 Å². The van der Waals surface area contributed by atoms with Gasteiger partial charge in [0, 0.05) is 10.8 Å². The highest BCUT2D eigenvalue weighted by Crippen LogP contribution is 2.24. The zero-order valence-corrected chi connectivity index (χ0v) is 16.8. The third kappa shape index (κ3) is 3.09. The van der Waals surface area contributed by atoms with Crippen LogP contribution in [0.3, 0.4) is 0 Å². The third-order valence-electron chi connectivity index (χ3n) is 4.61. The average molecular weight is 351 g/mol. The molecule has 3 aromatic heterocycles. The van der Waals surface area contributed by atoms with Crippen molar-refractivity contribution in [1.29, 1.82) is 0 Å². The Morgan fingerprint density at radius 2 is 1.08 bits per heavy atom. The van der Waals surface area contributed by atoms with Crippen LogP contribution in [-0.4, -0.2) is 9.03 Å². The predicted octanol–water partition coefficient (Wildman–Crippen LogP) is 4.01. The minimum absolute atomic E-state index is 0.243. The Bertz CT molecular complexity index is 1010. The van der Waals surface area contributed by atoms with E-state index in [1.165, 1.54) is 21.8 Å². The molecule has 4 rings (SSSR count). The lowest BCUT2D eigenvalue weighted by Gasteiger charge is -2.14. The molecule has 4 heteroatoms. The monoisotopic (exact) mass is 350 g/mol. The highest BCUT2D eigenvalue weighted by Gasteiger charge is 2.25. The van der Waals surface area contributed by atoms with Gasteiger partial charge in [-0.25, -0.2) is 9.13 Å². The molecule has 0 N–H and O–H groups in total. The van der Waals surface area contributed by atoms with Crippen molar-refractivity contribution in [2.24, 2.45) is 10.8 Å². The maximum atomic E-state index is 2.31. The summed E-state index contributed by atoms with van der Waals surface area (Å²) in [6.45, 7) is 15.7. The molecule has 4 nitrogen and oxygen atoms in total. The van der Waals surface area contributed by atoms with Gasteiger partial charge in [0.05, 0.1) is 13.1 Å². The Labute approximate surface area is 155 Å². The molecule has 26 heavy (non-hydrogen) atoms. The minimum Gasteiger partial charge on any atom is -0.232 e.